The van der Waals surface area contributed by atoms with Crippen molar-refractivity contribution < 1.29 is 19.1 Å². The van der Waals surface area contributed by atoms with E-state index >= 15 is 0 Å². The van der Waals surface area contributed by atoms with Gasteiger partial charge in [0.2, 0.25) is 0 Å². The van der Waals surface area contributed by atoms with Crippen LogP contribution < -0.4 is 15.0 Å². The average molecular weight is 591 g/mol. The Morgan fingerprint density at radius 2 is 1.74 bits per heavy atom. The van der Waals surface area contributed by atoms with Crippen LogP contribution in [0.1, 0.15) is 38.8 Å². The lowest BCUT2D eigenvalue weighted by Gasteiger charge is -2.36. The monoisotopic (exact) mass is 590 g/mol. The van der Waals surface area contributed by atoms with Crippen LogP contribution in [0, 0.1) is 0 Å². The number of H-pyrrole nitrogens is 1. The maximum absolute atomic E-state index is 14.3. The van der Waals surface area contributed by atoms with E-state index in [1.807, 2.05) is 66.7 Å². The van der Waals surface area contributed by atoms with Crippen LogP contribution in [0.15, 0.2) is 97.1 Å². The molecule has 1 saturated heterocycles. The third kappa shape index (κ3) is 4.42. The molecule has 1 unspecified atom stereocenters. The van der Waals surface area contributed by atoms with Crippen molar-refractivity contribution in [3.05, 3.63) is 130 Å². The predicted molar refractivity (Wildman–Crippen MR) is 164 cm³/mol. The summed E-state index contributed by atoms with van der Waals surface area (Å²) in [5.74, 6) is -0.131. The quantitative estimate of drug-likeness (QED) is 0.229. The van der Waals surface area contributed by atoms with Gasteiger partial charge in [-0.1, -0.05) is 72.3 Å². The molecule has 2 atom stereocenters. The van der Waals surface area contributed by atoms with Crippen molar-refractivity contribution in [2.45, 2.75) is 25.0 Å². The number of rotatable bonds is 6. The topological polar surface area (TPSA) is 94.7 Å². The Hall–Kier alpha value is -5.08. The molecule has 2 aliphatic heterocycles. The summed E-state index contributed by atoms with van der Waals surface area (Å²) in [5, 5.41) is 4.46. The Labute approximate surface area is 252 Å². The molecule has 1 fully saturated rings. The number of aromatic nitrogens is 1. The number of aromatic amines is 1. The molecule has 0 radical (unpaired) electrons. The van der Waals surface area contributed by atoms with Gasteiger partial charge >= 0.3 is 6.03 Å². The van der Waals surface area contributed by atoms with Crippen molar-refractivity contribution in [1.29, 1.82) is 0 Å². The van der Waals surface area contributed by atoms with Crippen molar-refractivity contribution in [1.82, 2.24) is 15.2 Å². The minimum absolute atomic E-state index is 0.215. The fourth-order valence-corrected chi connectivity index (χ4v) is 6.50. The molecule has 0 bridgehead atoms. The van der Waals surface area contributed by atoms with Crippen molar-refractivity contribution in [2.75, 3.05) is 12.0 Å². The van der Waals surface area contributed by atoms with Crippen LogP contribution in [-0.2, 0) is 17.8 Å². The fourth-order valence-electron chi connectivity index (χ4n) is 6.30. The number of imide groups is 1. The highest BCUT2D eigenvalue weighted by atomic mass is 35.5. The van der Waals surface area contributed by atoms with E-state index < -0.39 is 24.0 Å². The summed E-state index contributed by atoms with van der Waals surface area (Å²) in [4.78, 5) is 48.3. The van der Waals surface area contributed by atoms with Gasteiger partial charge in [-0.15, -0.1) is 0 Å². The second-order valence-electron chi connectivity index (χ2n) is 10.6. The van der Waals surface area contributed by atoms with E-state index in [0.29, 0.717) is 17.2 Å². The van der Waals surface area contributed by atoms with Gasteiger partial charge in [0, 0.05) is 40.1 Å². The maximum Gasteiger partial charge on any atom is 0.332 e. The molecule has 0 spiro atoms. The van der Waals surface area contributed by atoms with Crippen LogP contribution in [0.25, 0.3) is 10.9 Å². The number of benzene rings is 4. The Kier molecular flexibility index (Phi) is 6.63. The summed E-state index contributed by atoms with van der Waals surface area (Å²) in [6.07, 6.45) is 0.347. The minimum Gasteiger partial charge on any atom is -0.496 e. The summed E-state index contributed by atoms with van der Waals surface area (Å²) in [6, 6.07) is 27.5. The molecule has 0 saturated carbocycles. The number of carbonyl (C=O) groups excluding carboxylic acids is 3. The number of carbonyl (C=O) groups is 3. The Morgan fingerprint density at radius 3 is 2.58 bits per heavy atom. The van der Waals surface area contributed by atoms with E-state index in [9.17, 15) is 14.4 Å². The SMILES string of the molecule is COc1ccccc1CNC(=O)c1ccccc1N1C(=O)[C@@H]2Cc3c([nH]c4ccccc34)C(c3cccc(Cl)c3)N2C1=O. The number of nitrogens with one attached hydrogen (secondary N) is 2. The van der Waals surface area contributed by atoms with Crippen LogP contribution in [-0.4, -0.2) is 40.9 Å². The standard InChI is InChI=1S/C34H27ClN4O4/c1-43-29-16-7-2-9-21(29)19-36-32(40)24-13-4-6-15-27(24)39-33(41)28-18-25-23-12-3-5-14-26(23)37-30(25)31(38(28)34(39)42)20-10-8-11-22(35)17-20/h2-17,28,31,37H,18-19H2,1H3,(H,36,40)/t28-,31?/m0/s1. The van der Waals surface area contributed by atoms with Crippen LogP contribution in [0.3, 0.4) is 0 Å². The normalized spacial score (nSPS) is 17.6. The van der Waals surface area contributed by atoms with E-state index in [4.69, 9.17) is 16.3 Å². The number of hydrogen-bond acceptors (Lipinski definition) is 4. The number of halogens is 1. The number of amides is 4. The summed E-state index contributed by atoms with van der Waals surface area (Å²) in [5.41, 5.74) is 4.84. The molecule has 2 N–H and O–H groups in total. The van der Waals surface area contributed by atoms with Gasteiger partial charge in [0.15, 0.2) is 0 Å². The summed E-state index contributed by atoms with van der Waals surface area (Å²) in [7, 11) is 1.57. The Balaban J connectivity index is 1.27. The molecule has 43 heavy (non-hydrogen) atoms. The van der Waals surface area contributed by atoms with E-state index in [1.165, 1.54) is 0 Å². The lowest BCUT2D eigenvalue weighted by atomic mass is 9.89. The zero-order valence-electron chi connectivity index (χ0n) is 23.2. The highest BCUT2D eigenvalue weighted by Crippen LogP contribution is 2.45. The zero-order valence-corrected chi connectivity index (χ0v) is 24.0. The Morgan fingerprint density at radius 1 is 0.977 bits per heavy atom. The molecule has 7 rings (SSSR count). The zero-order chi connectivity index (χ0) is 29.7. The number of fused-ring (bicyclic) bond motifs is 4. The second kappa shape index (κ2) is 10.6. The molecule has 8 nitrogen and oxygen atoms in total. The van der Waals surface area contributed by atoms with E-state index in [1.54, 1.807) is 42.3 Å². The molecule has 0 aliphatic carbocycles. The van der Waals surface area contributed by atoms with E-state index in [0.717, 1.165) is 38.2 Å². The van der Waals surface area contributed by atoms with Crippen molar-refractivity contribution >= 4 is 46.0 Å². The summed E-state index contributed by atoms with van der Waals surface area (Å²) >= 11 is 6.41. The highest BCUT2D eigenvalue weighted by molar-refractivity contribution is 6.30. The summed E-state index contributed by atoms with van der Waals surface area (Å²) < 4.78 is 5.41. The van der Waals surface area contributed by atoms with Crippen molar-refractivity contribution in [3.8, 4) is 5.75 Å². The van der Waals surface area contributed by atoms with Gasteiger partial charge in [0.1, 0.15) is 17.8 Å². The summed E-state index contributed by atoms with van der Waals surface area (Å²) in [6.45, 7) is 0.215. The lowest BCUT2D eigenvalue weighted by molar-refractivity contribution is -0.120. The van der Waals surface area contributed by atoms with Crippen LogP contribution >= 0.6 is 11.6 Å². The number of methoxy groups -OCH3 is 1. The molecule has 214 valence electrons. The number of urea groups is 1. The minimum atomic E-state index is -0.757. The lowest BCUT2D eigenvalue weighted by Crippen LogP contribution is -2.44. The van der Waals surface area contributed by atoms with Gasteiger partial charge in [-0.3, -0.25) is 14.5 Å². The van der Waals surface area contributed by atoms with Gasteiger partial charge < -0.3 is 15.0 Å². The molecule has 4 aromatic carbocycles. The number of hydrogen-bond donors (Lipinski definition) is 2. The van der Waals surface area contributed by atoms with Gasteiger partial charge in [0.05, 0.1) is 18.4 Å². The van der Waals surface area contributed by atoms with Crippen LogP contribution in [0.2, 0.25) is 5.02 Å². The smallest absolute Gasteiger partial charge is 0.332 e. The molecular weight excluding hydrogens is 564 g/mol. The first-order chi connectivity index (χ1) is 21.0. The first-order valence-electron chi connectivity index (χ1n) is 14.0. The number of nitrogens with zero attached hydrogens (tertiary/aromatic N) is 2. The highest BCUT2D eigenvalue weighted by Gasteiger charge is 2.53. The third-order valence-corrected chi connectivity index (χ3v) is 8.47. The molecule has 4 amide bonds. The molecule has 2 aliphatic rings. The first kappa shape index (κ1) is 26.8. The Bertz CT molecular complexity index is 1920. The maximum atomic E-state index is 14.3. The van der Waals surface area contributed by atoms with Gasteiger partial charge in [-0.25, -0.2) is 9.69 Å². The number of ether oxygens (including phenoxy) is 1. The van der Waals surface area contributed by atoms with Gasteiger partial charge in [-0.05, 0) is 47.5 Å². The van der Waals surface area contributed by atoms with E-state index in [2.05, 4.69) is 10.3 Å². The van der Waals surface area contributed by atoms with E-state index in [-0.39, 0.29) is 23.7 Å². The third-order valence-electron chi connectivity index (χ3n) is 8.24. The number of para-hydroxylation sites is 3. The molecular formula is C34H27ClN4O4. The number of anilines is 1. The van der Waals surface area contributed by atoms with Crippen LogP contribution in [0.4, 0.5) is 10.5 Å². The molecule has 1 aromatic heterocycles. The molecule has 5 aromatic rings. The largest absolute Gasteiger partial charge is 0.496 e. The first-order valence-corrected chi connectivity index (χ1v) is 14.3. The fraction of sp³-hybridized carbons (Fsp3) is 0.147. The van der Waals surface area contributed by atoms with Crippen molar-refractivity contribution in [3.63, 3.8) is 0 Å². The van der Waals surface area contributed by atoms with Gasteiger partial charge in [0.25, 0.3) is 11.8 Å². The van der Waals surface area contributed by atoms with Crippen LogP contribution in [0.5, 0.6) is 5.75 Å². The molecule has 9 heteroatoms. The second-order valence-corrected chi connectivity index (χ2v) is 11.1. The average Bonchev–Trinajstić information content (AvgIpc) is 3.52. The van der Waals surface area contributed by atoms with Crippen molar-refractivity contribution in [2.24, 2.45) is 0 Å². The molecule has 3 heterocycles. The predicted octanol–water partition coefficient (Wildman–Crippen LogP) is 6.24. The van der Waals surface area contributed by atoms with Gasteiger partial charge in [-0.2, -0.15) is 0 Å².